The third-order valence-electron chi connectivity index (χ3n) is 10.9. The van der Waals surface area contributed by atoms with E-state index in [1.807, 2.05) is 6.07 Å². The van der Waals surface area contributed by atoms with Crippen molar-refractivity contribution in [3.63, 3.8) is 0 Å². The van der Waals surface area contributed by atoms with Crippen molar-refractivity contribution >= 4 is 0 Å². The van der Waals surface area contributed by atoms with Gasteiger partial charge in [0.05, 0.1) is 7.11 Å². The minimum atomic E-state index is 0.0599. The molecule has 9 unspecified atom stereocenters. The molecule has 0 radical (unpaired) electrons. The molecular formula is C29H30O2. The topological polar surface area (TPSA) is 29.5 Å². The first-order chi connectivity index (χ1) is 15.1. The van der Waals surface area contributed by atoms with Gasteiger partial charge in [-0.3, -0.25) is 0 Å². The zero-order valence-electron chi connectivity index (χ0n) is 18.3. The fraction of sp³-hybridized carbons (Fsp3) is 0.517. The molecule has 6 aliphatic rings. The molecule has 4 bridgehead atoms. The lowest BCUT2D eigenvalue weighted by atomic mass is 9.65. The number of hydrogen-bond acceptors (Lipinski definition) is 2. The summed E-state index contributed by atoms with van der Waals surface area (Å²) in [5.74, 6) is 8.61. The maximum atomic E-state index is 10.4. The van der Waals surface area contributed by atoms with Crippen molar-refractivity contribution in [2.75, 3.05) is 7.11 Å². The van der Waals surface area contributed by atoms with Crippen LogP contribution in [-0.4, -0.2) is 12.2 Å². The van der Waals surface area contributed by atoms with Gasteiger partial charge >= 0.3 is 0 Å². The maximum absolute atomic E-state index is 10.4. The van der Waals surface area contributed by atoms with Crippen LogP contribution in [0.5, 0.6) is 11.5 Å². The number of methoxy groups -OCH3 is 1. The second kappa shape index (κ2) is 5.39. The van der Waals surface area contributed by atoms with Gasteiger partial charge in [0.15, 0.2) is 0 Å². The van der Waals surface area contributed by atoms with Crippen LogP contribution < -0.4 is 4.74 Å². The molecule has 4 saturated carbocycles. The van der Waals surface area contributed by atoms with E-state index in [1.54, 1.807) is 12.7 Å². The van der Waals surface area contributed by atoms with E-state index < -0.39 is 0 Å². The number of allylic oxidation sites excluding steroid dienone is 2. The minimum absolute atomic E-state index is 0.0599. The summed E-state index contributed by atoms with van der Waals surface area (Å²) in [7, 11) is 1.78. The van der Waals surface area contributed by atoms with E-state index in [1.165, 1.54) is 47.9 Å². The van der Waals surface area contributed by atoms with E-state index in [9.17, 15) is 5.11 Å². The Labute approximate surface area is 184 Å². The largest absolute Gasteiger partial charge is 0.508 e. The molecule has 1 N–H and O–H groups in total. The molecule has 0 heterocycles. The fourth-order valence-electron chi connectivity index (χ4n) is 10.2. The fourth-order valence-corrected chi connectivity index (χ4v) is 10.2. The summed E-state index contributed by atoms with van der Waals surface area (Å²) in [5.41, 5.74) is 7.30. The molecule has 2 aromatic rings. The van der Waals surface area contributed by atoms with Crippen LogP contribution in [0.4, 0.5) is 0 Å². The highest BCUT2D eigenvalue weighted by atomic mass is 16.5. The number of rotatable bonds is 1. The molecule has 0 aromatic heterocycles. The molecule has 8 rings (SSSR count). The van der Waals surface area contributed by atoms with Crippen LogP contribution in [0.1, 0.15) is 43.7 Å². The van der Waals surface area contributed by atoms with Gasteiger partial charge in [-0.15, -0.1) is 0 Å². The zero-order chi connectivity index (χ0) is 20.6. The third kappa shape index (κ3) is 1.85. The predicted octanol–water partition coefficient (Wildman–Crippen LogP) is 6.17. The summed E-state index contributed by atoms with van der Waals surface area (Å²) in [4.78, 5) is 0. The lowest BCUT2D eigenvalue weighted by molar-refractivity contribution is 0.105. The van der Waals surface area contributed by atoms with Gasteiger partial charge in [0.2, 0.25) is 0 Å². The number of fused-ring (bicyclic) bond motifs is 17. The van der Waals surface area contributed by atoms with Gasteiger partial charge < -0.3 is 9.84 Å². The van der Waals surface area contributed by atoms with Crippen LogP contribution >= 0.6 is 0 Å². The van der Waals surface area contributed by atoms with Gasteiger partial charge in [0, 0.05) is 5.41 Å². The molecule has 4 fully saturated rings. The molecular weight excluding hydrogens is 380 g/mol. The summed E-state index contributed by atoms with van der Waals surface area (Å²) >= 11 is 0. The molecule has 0 aliphatic heterocycles. The van der Waals surface area contributed by atoms with Crippen molar-refractivity contribution in [1.29, 1.82) is 0 Å². The lowest BCUT2D eigenvalue weighted by Crippen LogP contribution is -2.35. The lowest BCUT2D eigenvalue weighted by Gasteiger charge is -2.40. The highest BCUT2D eigenvalue weighted by Crippen LogP contribution is 2.76. The average Bonchev–Trinajstić information content (AvgIpc) is 3.57. The van der Waals surface area contributed by atoms with E-state index in [2.05, 4.69) is 43.3 Å². The van der Waals surface area contributed by atoms with Crippen LogP contribution in [0.3, 0.4) is 0 Å². The second-order valence-electron chi connectivity index (χ2n) is 11.6. The summed E-state index contributed by atoms with van der Waals surface area (Å²) in [6.07, 6.45) is 8.12. The Hall–Kier alpha value is -2.22. The number of ether oxygens (including phenoxy) is 1. The molecule has 158 valence electrons. The third-order valence-corrected chi connectivity index (χ3v) is 10.9. The standard InChI is InChI=1S/C29H30O2/c1-14-7-15-8-20(14)28-22-11-21(27(15)28)23-12-29(13-24(22)23)25-9-16(30)3-5-18(25)19-6-4-17(31-2)10-26(19)29/h3-7,9-10,15,20-24,27-28,30H,8,11-13H2,1-2H3. The first-order valence-corrected chi connectivity index (χ1v) is 12.3. The molecule has 2 heteroatoms. The summed E-state index contributed by atoms with van der Waals surface area (Å²) < 4.78 is 5.67. The normalized spacial score (nSPS) is 44.4. The number of hydrogen-bond donors (Lipinski definition) is 1. The van der Waals surface area contributed by atoms with Gasteiger partial charge in [-0.05, 0) is 126 Å². The molecule has 1 spiro atoms. The van der Waals surface area contributed by atoms with Crippen LogP contribution in [0.25, 0.3) is 11.1 Å². The first-order valence-electron chi connectivity index (χ1n) is 12.3. The Balaban J connectivity index is 1.27. The van der Waals surface area contributed by atoms with Gasteiger partial charge in [0.1, 0.15) is 11.5 Å². The van der Waals surface area contributed by atoms with Crippen molar-refractivity contribution in [3.8, 4) is 22.6 Å². The Bertz CT molecular complexity index is 1180. The van der Waals surface area contributed by atoms with E-state index in [0.29, 0.717) is 5.75 Å². The molecule has 6 aliphatic carbocycles. The number of benzene rings is 2. The van der Waals surface area contributed by atoms with Crippen molar-refractivity contribution in [1.82, 2.24) is 0 Å². The van der Waals surface area contributed by atoms with Crippen molar-refractivity contribution in [3.05, 3.63) is 59.2 Å². The highest BCUT2D eigenvalue weighted by molar-refractivity contribution is 5.82. The van der Waals surface area contributed by atoms with Gasteiger partial charge in [-0.1, -0.05) is 23.8 Å². The van der Waals surface area contributed by atoms with E-state index >= 15 is 0 Å². The molecule has 31 heavy (non-hydrogen) atoms. The van der Waals surface area contributed by atoms with Crippen LogP contribution in [0, 0.1) is 47.3 Å². The van der Waals surface area contributed by atoms with E-state index in [-0.39, 0.29) is 5.41 Å². The van der Waals surface area contributed by atoms with Crippen LogP contribution in [0.2, 0.25) is 0 Å². The number of phenols is 1. The summed E-state index contributed by atoms with van der Waals surface area (Å²) in [6.45, 7) is 2.40. The van der Waals surface area contributed by atoms with Crippen molar-refractivity contribution in [2.45, 2.75) is 38.0 Å². The maximum Gasteiger partial charge on any atom is 0.119 e. The molecule has 9 atom stereocenters. The molecule has 2 aromatic carbocycles. The summed E-state index contributed by atoms with van der Waals surface area (Å²) in [5, 5.41) is 10.4. The quantitative estimate of drug-likeness (QED) is 0.450. The second-order valence-corrected chi connectivity index (χ2v) is 11.6. The van der Waals surface area contributed by atoms with Crippen molar-refractivity contribution < 1.29 is 9.84 Å². The zero-order valence-corrected chi connectivity index (χ0v) is 18.3. The predicted molar refractivity (Wildman–Crippen MR) is 121 cm³/mol. The highest BCUT2D eigenvalue weighted by Gasteiger charge is 2.69. The smallest absolute Gasteiger partial charge is 0.119 e. The van der Waals surface area contributed by atoms with Crippen LogP contribution in [0.15, 0.2) is 48.0 Å². The summed E-state index contributed by atoms with van der Waals surface area (Å²) in [6, 6.07) is 12.8. The Morgan fingerprint density at radius 2 is 1.58 bits per heavy atom. The van der Waals surface area contributed by atoms with Gasteiger partial charge in [-0.2, -0.15) is 0 Å². The first kappa shape index (κ1) is 17.3. The minimum Gasteiger partial charge on any atom is -0.508 e. The molecule has 0 saturated heterocycles. The van der Waals surface area contributed by atoms with E-state index in [0.717, 1.165) is 53.1 Å². The Morgan fingerprint density at radius 1 is 0.871 bits per heavy atom. The SMILES string of the molecule is COc1ccc2c(c1)C1(CC3C(C1)C1CC3C3C4C=C(C)C(C4)C13)c1cc(O)ccc1-2. The van der Waals surface area contributed by atoms with E-state index in [4.69, 9.17) is 4.74 Å². The van der Waals surface area contributed by atoms with Gasteiger partial charge in [0.25, 0.3) is 0 Å². The monoisotopic (exact) mass is 410 g/mol. The van der Waals surface area contributed by atoms with Crippen LogP contribution in [-0.2, 0) is 5.41 Å². The van der Waals surface area contributed by atoms with Crippen molar-refractivity contribution in [2.24, 2.45) is 47.3 Å². The average molecular weight is 411 g/mol. The number of aromatic hydroxyl groups is 1. The number of phenolic OH excluding ortho intramolecular Hbond substituents is 1. The molecule has 2 nitrogen and oxygen atoms in total. The molecule has 0 amide bonds. The Morgan fingerprint density at radius 3 is 2.35 bits per heavy atom. The van der Waals surface area contributed by atoms with Gasteiger partial charge in [-0.25, -0.2) is 0 Å². The Kier molecular flexibility index (Phi) is 3.02.